The van der Waals surface area contributed by atoms with Gasteiger partial charge in [-0.3, -0.25) is 18.6 Å². The standard InChI is InChI=1S/C40H76NO8P/c1-3-5-7-9-11-13-15-16-17-18-19-20-21-22-23-24-26-28-30-32-39(43)41-34-35-48-50(45,46)49-37-38(42)36-47-40(44)33-31-29-27-25-14-12-10-8-6-4-2/h8,10,16-17,38,42H,3-7,9,11-15,18-37H2,1-2H3,(H,41,43)(H,45,46)/b10-8-,17-16+. The number of phosphoric ester groups is 1. The number of esters is 1. The van der Waals surface area contributed by atoms with E-state index in [0.717, 1.165) is 64.2 Å². The molecule has 1 amide bonds. The van der Waals surface area contributed by atoms with Gasteiger partial charge in [0.1, 0.15) is 12.7 Å². The van der Waals surface area contributed by atoms with Crippen LogP contribution in [0.1, 0.15) is 187 Å². The summed E-state index contributed by atoms with van der Waals surface area (Å²) in [6, 6.07) is 0. The highest BCUT2D eigenvalue weighted by molar-refractivity contribution is 7.47. The SMILES string of the molecule is CCC/C=C\CCCCCCCC(=O)OCC(O)COP(=O)(O)OCCNC(=O)CCCCCCCCCCC/C=C/CCCCCCCC. The maximum Gasteiger partial charge on any atom is 0.472 e. The summed E-state index contributed by atoms with van der Waals surface area (Å²) in [6.07, 6.45) is 38.3. The maximum atomic E-state index is 12.0. The van der Waals surface area contributed by atoms with Crippen LogP contribution in [0.4, 0.5) is 0 Å². The van der Waals surface area contributed by atoms with Crippen molar-refractivity contribution in [2.45, 2.75) is 193 Å². The first-order valence-corrected chi connectivity index (χ1v) is 21.8. The van der Waals surface area contributed by atoms with Gasteiger partial charge < -0.3 is 20.1 Å². The molecule has 0 saturated carbocycles. The van der Waals surface area contributed by atoms with Gasteiger partial charge in [-0.25, -0.2) is 4.57 Å². The first-order chi connectivity index (χ1) is 24.3. The third-order valence-corrected chi connectivity index (χ3v) is 9.57. The Balaban J connectivity index is 3.58. The highest BCUT2D eigenvalue weighted by Gasteiger charge is 2.23. The molecule has 9 nitrogen and oxygen atoms in total. The summed E-state index contributed by atoms with van der Waals surface area (Å²) >= 11 is 0. The topological polar surface area (TPSA) is 131 Å². The van der Waals surface area contributed by atoms with Gasteiger partial charge in [-0.05, 0) is 57.8 Å². The molecule has 3 N–H and O–H groups in total. The molecule has 0 aromatic heterocycles. The van der Waals surface area contributed by atoms with Gasteiger partial charge in [0.25, 0.3) is 0 Å². The summed E-state index contributed by atoms with van der Waals surface area (Å²) in [5, 5.41) is 12.6. The van der Waals surface area contributed by atoms with Crippen molar-refractivity contribution in [3.63, 3.8) is 0 Å². The first-order valence-electron chi connectivity index (χ1n) is 20.3. The molecule has 50 heavy (non-hydrogen) atoms. The molecule has 2 unspecified atom stereocenters. The predicted molar refractivity (Wildman–Crippen MR) is 206 cm³/mol. The number of hydrogen-bond donors (Lipinski definition) is 3. The lowest BCUT2D eigenvalue weighted by Crippen LogP contribution is -2.27. The highest BCUT2D eigenvalue weighted by Crippen LogP contribution is 2.42. The second-order valence-electron chi connectivity index (χ2n) is 13.6. The Hall–Kier alpha value is -1.51. The predicted octanol–water partition coefficient (Wildman–Crippen LogP) is 10.8. The first kappa shape index (κ1) is 48.5. The van der Waals surface area contributed by atoms with Crippen molar-refractivity contribution in [2.75, 3.05) is 26.4 Å². The number of carbonyl (C=O) groups excluding carboxylic acids is 2. The lowest BCUT2D eigenvalue weighted by molar-refractivity contribution is -0.147. The summed E-state index contributed by atoms with van der Waals surface area (Å²) in [7, 11) is -4.41. The van der Waals surface area contributed by atoms with Crippen LogP contribution in [-0.4, -0.2) is 54.3 Å². The van der Waals surface area contributed by atoms with E-state index in [1.54, 1.807) is 0 Å². The van der Waals surface area contributed by atoms with E-state index in [0.29, 0.717) is 6.42 Å². The second kappa shape index (κ2) is 37.3. The Morgan fingerprint density at radius 2 is 1.06 bits per heavy atom. The average Bonchev–Trinajstić information content (AvgIpc) is 3.10. The van der Waals surface area contributed by atoms with Gasteiger partial charge in [-0.1, -0.05) is 141 Å². The number of allylic oxidation sites excluding steroid dienone is 4. The number of aliphatic hydroxyl groups excluding tert-OH is 1. The number of amides is 1. The van der Waals surface area contributed by atoms with Crippen LogP contribution in [0.5, 0.6) is 0 Å². The molecule has 0 bridgehead atoms. The fraction of sp³-hybridized carbons (Fsp3) is 0.850. The zero-order chi connectivity index (χ0) is 36.8. The number of nitrogens with one attached hydrogen (secondary N) is 1. The fourth-order valence-corrected chi connectivity index (χ4v) is 6.25. The molecular weight excluding hydrogens is 653 g/mol. The van der Waals surface area contributed by atoms with E-state index in [1.807, 2.05) is 0 Å². The molecule has 294 valence electrons. The number of aliphatic hydroxyl groups is 1. The van der Waals surface area contributed by atoms with Crippen LogP contribution in [-0.2, 0) is 27.9 Å². The molecule has 0 aliphatic heterocycles. The molecule has 0 fully saturated rings. The molecule has 0 radical (unpaired) electrons. The monoisotopic (exact) mass is 730 g/mol. The lowest BCUT2D eigenvalue weighted by atomic mass is 10.1. The van der Waals surface area contributed by atoms with Crippen LogP contribution in [0.15, 0.2) is 24.3 Å². The van der Waals surface area contributed by atoms with E-state index in [4.69, 9.17) is 13.8 Å². The molecule has 0 aromatic rings. The van der Waals surface area contributed by atoms with E-state index >= 15 is 0 Å². The quantitative estimate of drug-likeness (QED) is 0.0248. The van der Waals surface area contributed by atoms with Gasteiger partial charge in [0.05, 0.1) is 13.2 Å². The molecule has 0 saturated heterocycles. The van der Waals surface area contributed by atoms with E-state index in [1.165, 1.54) is 96.3 Å². The molecule has 0 heterocycles. The van der Waals surface area contributed by atoms with Gasteiger partial charge in [-0.2, -0.15) is 0 Å². The van der Waals surface area contributed by atoms with Crippen molar-refractivity contribution < 1.29 is 37.9 Å². The Labute approximate surface area is 306 Å². The van der Waals surface area contributed by atoms with E-state index < -0.39 is 26.5 Å². The third kappa shape index (κ3) is 37.7. The van der Waals surface area contributed by atoms with Crippen LogP contribution in [0.25, 0.3) is 0 Å². The van der Waals surface area contributed by atoms with E-state index in [-0.39, 0.29) is 32.1 Å². The van der Waals surface area contributed by atoms with Gasteiger partial charge in [-0.15, -0.1) is 0 Å². The van der Waals surface area contributed by atoms with Crippen LogP contribution in [0.3, 0.4) is 0 Å². The molecule has 0 aromatic carbocycles. The second-order valence-corrected chi connectivity index (χ2v) is 15.1. The molecule has 2 atom stereocenters. The number of ether oxygens (including phenoxy) is 1. The normalized spacial score (nSPS) is 13.6. The number of unbranched alkanes of at least 4 members (excludes halogenated alkanes) is 21. The zero-order valence-electron chi connectivity index (χ0n) is 32.1. The van der Waals surface area contributed by atoms with Crippen LogP contribution >= 0.6 is 7.82 Å². The van der Waals surface area contributed by atoms with E-state index in [9.17, 15) is 24.2 Å². The number of phosphoric acid groups is 1. The van der Waals surface area contributed by atoms with Gasteiger partial charge in [0.15, 0.2) is 0 Å². The Morgan fingerprint density at radius 3 is 1.58 bits per heavy atom. The van der Waals surface area contributed by atoms with Crippen LogP contribution in [0, 0.1) is 0 Å². The number of carbonyl (C=O) groups is 2. The Morgan fingerprint density at radius 1 is 0.600 bits per heavy atom. The summed E-state index contributed by atoms with van der Waals surface area (Å²) in [6.45, 7) is 3.47. The summed E-state index contributed by atoms with van der Waals surface area (Å²) in [5.74, 6) is -0.528. The molecule has 0 spiro atoms. The minimum atomic E-state index is -4.41. The zero-order valence-corrected chi connectivity index (χ0v) is 33.0. The fourth-order valence-electron chi connectivity index (χ4n) is 5.49. The smallest absolute Gasteiger partial charge is 0.463 e. The van der Waals surface area contributed by atoms with Gasteiger partial charge in [0, 0.05) is 19.4 Å². The van der Waals surface area contributed by atoms with Crippen molar-refractivity contribution in [1.82, 2.24) is 5.32 Å². The van der Waals surface area contributed by atoms with Crippen molar-refractivity contribution in [3.8, 4) is 0 Å². The van der Waals surface area contributed by atoms with E-state index in [2.05, 4.69) is 43.5 Å². The molecule has 0 rings (SSSR count). The number of hydrogen-bond acceptors (Lipinski definition) is 7. The average molecular weight is 730 g/mol. The maximum absolute atomic E-state index is 12.0. The van der Waals surface area contributed by atoms with Crippen molar-refractivity contribution in [3.05, 3.63) is 24.3 Å². The lowest BCUT2D eigenvalue weighted by Gasteiger charge is -2.15. The largest absolute Gasteiger partial charge is 0.472 e. The minimum Gasteiger partial charge on any atom is -0.463 e. The molecular formula is C40H76NO8P. The summed E-state index contributed by atoms with van der Waals surface area (Å²) < 4.78 is 26.8. The van der Waals surface area contributed by atoms with Gasteiger partial charge >= 0.3 is 13.8 Å². The van der Waals surface area contributed by atoms with Crippen LogP contribution < -0.4 is 5.32 Å². The van der Waals surface area contributed by atoms with Crippen molar-refractivity contribution in [2.24, 2.45) is 0 Å². The molecule has 0 aliphatic rings. The third-order valence-electron chi connectivity index (χ3n) is 8.58. The van der Waals surface area contributed by atoms with Crippen LogP contribution in [0.2, 0.25) is 0 Å². The van der Waals surface area contributed by atoms with Crippen molar-refractivity contribution >= 4 is 19.7 Å². The van der Waals surface area contributed by atoms with Crippen molar-refractivity contribution in [1.29, 1.82) is 0 Å². The molecule has 0 aliphatic carbocycles. The summed E-state index contributed by atoms with van der Waals surface area (Å²) in [5.41, 5.74) is 0. The number of rotatable bonds is 38. The summed E-state index contributed by atoms with van der Waals surface area (Å²) in [4.78, 5) is 33.7. The highest BCUT2D eigenvalue weighted by atomic mass is 31.2. The Bertz CT molecular complexity index is 881. The Kier molecular flexibility index (Phi) is 36.1. The minimum absolute atomic E-state index is 0.0812. The molecule has 10 heteroatoms. The van der Waals surface area contributed by atoms with Gasteiger partial charge in [0.2, 0.25) is 5.91 Å².